The van der Waals surface area contributed by atoms with E-state index in [2.05, 4.69) is 4.74 Å². The first-order chi connectivity index (χ1) is 9.27. The van der Waals surface area contributed by atoms with E-state index >= 15 is 0 Å². The Bertz CT molecular complexity index is 657. The SMILES string of the molecule is CCOC(=O)C(=Cc1ccccc1S(C)(=O)=O)C(=O)O. The number of carbonyl (C=O) groups excluding carboxylic acids is 1. The molecule has 6 nitrogen and oxygen atoms in total. The first-order valence-electron chi connectivity index (χ1n) is 5.68. The molecule has 108 valence electrons. The highest BCUT2D eigenvalue weighted by Gasteiger charge is 2.20. The molecule has 0 aliphatic carbocycles. The van der Waals surface area contributed by atoms with Crippen molar-refractivity contribution in [2.45, 2.75) is 11.8 Å². The summed E-state index contributed by atoms with van der Waals surface area (Å²) in [4.78, 5) is 22.5. The summed E-state index contributed by atoms with van der Waals surface area (Å²) in [5.41, 5.74) is -0.497. The van der Waals surface area contributed by atoms with E-state index in [1.807, 2.05) is 0 Å². The van der Waals surface area contributed by atoms with Crippen LogP contribution in [0.2, 0.25) is 0 Å². The number of esters is 1. The number of carbonyl (C=O) groups is 2. The van der Waals surface area contributed by atoms with Crippen LogP contribution < -0.4 is 0 Å². The highest BCUT2D eigenvalue weighted by molar-refractivity contribution is 7.90. The van der Waals surface area contributed by atoms with Crippen LogP contribution in [0.5, 0.6) is 0 Å². The van der Waals surface area contributed by atoms with Crippen LogP contribution in [-0.2, 0) is 24.2 Å². The van der Waals surface area contributed by atoms with Crippen LogP contribution in [0.1, 0.15) is 12.5 Å². The third-order valence-corrected chi connectivity index (χ3v) is 3.51. The fraction of sp³-hybridized carbons (Fsp3) is 0.231. The molecule has 1 rings (SSSR count). The van der Waals surface area contributed by atoms with Gasteiger partial charge in [-0.2, -0.15) is 0 Å². The van der Waals surface area contributed by atoms with E-state index in [-0.39, 0.29) is 17.1 Å². The summed E-state index contributed by atoms with van der Waals surface area (Å²) in [5.74, 6) is -2.49. The number of benzene rings is 1. The Morgan fingerprint density at radius 1 is 1.30 bits per heavy atom. The van der Waals surface area contributed by atoms with Crippen molar-refractivity contribution in [2.24, 2.45) is 0 Å². The summed E-state index contributed by atoms with van der Waals surface area (Å²) in [6, 6.07) is 5.81. The lowest BCUT2D eigenvalue weighted by Crippen LogP contribution is -2.15. The van der Waals surface area contributed by atoms with Gasteiger partial charge in [0, 0.05) is 6.26 Å². The average Bonchev–Trinajstić information content (AvgIpc) is 2.35. The molecule has 20 heavy (non-hydrogen) atoms. The van der Waals surface area contributed by atoms with Crippen LogP contribution in [-0.4, -0.2) is 38.3 Å². The molecule has 0 spiro atoms. The van der Waals surface area contributed by atoms with E-state index in [9.17, 15) is 18.0 Å². The molecule has 0 aliphatic rings. The van der Waals surface area contributed by atoms with Gasteiger partial charge in [0.2, 0.25) is 0 Å². The van der Waals surface area contributed by atoms with Gasteiger partial charge in [-0.05, 0) is 24.6 Å². The van der Waals surface area contributed by atoms with Gasteiger partial charge in [-0.25, -0.2) is 18.0 Å². The van der Waals surface area contributed by atoms with Crippen LogP contribution in [0.25, 0.3) is 6.08 Å². The molecule has 0 aliphatic heterocycles. The van der Waals surface area contributed by atoms with E-state index in [0.717, 1.165) is 12.3 Å². The molecule has 0 heterocycles. The predicted molar refractivity (Wildman–Crippen MR) is 71.8 cm³/mol. The molecule has 0 amide bonds. The van der Waals surface area contributed by atoms with Crippen LogP contribution in [0, 0.1) is 0 Å². The molecule has 0 radical (unpaired) electrons. The Morgan fingerprint density at radius 3 is 2.40 bits per heavy atom. The van der Waals surface area contributed by atoms with E-state index in [1.54, 1.807) is 13.0 Å². The second-order valence-corrected chi connectivity index (χ2v) is 5.88. The maximum atomic E-state index is 11.6. The summed E-state index contributed by atoms with van der Waals surface area (Å²) in [5, 5.41) is 9.01. The predicted octanol–water partition coefficient (Wildman–Crippen LogP) is 1.12. The monoisotopic (exact) mass is 298 g/mol. The van der Waals surface area contributed by atoms with E-state index in [0.29, 0.717) is 0 Å². The smallest absolute Gasteiger partial charge is 0.345 e. The van der Waals surface area contributed by atoms with Crippen molar-refractivity contribution in [3.05, 3.63) is 35.4 Å². The topological polar surface area (TPSA) is 97.7 Å². The van der Waals surface area contributed by atoms with Gasteiger partial charge in [0.1, 0.15) is 5.57 Å². The Kier molecular flexibility index (Phi) is 5.04. The maximum Gasteiger partial charge on any atom is 0.345 e. The number of hydrogen-bond acceptors (Lipinski definition) is 5. The number of carboxylic acids is 1. The van der Waals surface area contributed by atoms with Gasteiger partial charge in [-0.1, -0.05) is 18.2 Å². The van der Waals surface area contributed by atoms with Crippen LogP contribution in [0.4, 0.5) is 0 Å². The fourth-order valence-corrected chi connectivity index (χ4v) is 2.39. The summed E-state index contributed by atoms with van der Waals surface area (Å²) >= 11 is 0. The first-order valence-corrected chi connectivity index (χ1v) is 7.57. The van der Waals surface area contributed by atoms with Gasteiger partial charge in [0.25, 0.3) is 0 Å². The molecule has 1 aromatic carbocycles. The van der Waals surface area contributed by atoms with Crippen molar-refractivity contribution in [3.63, 3.8) is 0 Å². The highest BCUT2D eigenvalue weighted by Crippen LogP contribution is 2.19. The minimum Gasteiger partial charge on any atom is -0.477 e. The van der Waals surface area contributed by atoms with Crippen molar-refractivity contribution in [1.29, 1.82) is 0 Å². The van der Waals surface area contributed by atoms with E-state index < -0.39 is 27.3 Å². The minimum atomic E-state index is -3.53. The molecule has 0 atom stereocenters. The zero-order chi connectivity index (χ0) is 15.3. The van der Waals surface area contributed by atoms with Crippen LogP contribution in [0.3, 0.4) is 0 Å². The summed E-state index contributed by atoms with van der Waals surface area (Å²) in [6.45, 7) is 1.57. The summed E-state index contributed by atoms with van der Waals surface area (Å²) < 4.78 is 27.8. The van der Waals surface area contributed by atoms with Gasteiger partial charge in [0.15, 0.2) is 9.84 Å². The van der Waals surface area contributed by atoms with Crippen molar-refractivity contribution in [1.82, 2.24) is 0 Å². The van der Waals surface area contributed by atoms with Gasteiger partial charge >= 0.3 is 11.9 Å². The second-order valence-electron chi connectivity index (χ2n) is 3.89. The first kappa shape index (κ1) is 15.9. The minimum absolute atomic E-state index is 0.0250. The molecule has 7 heteroatoms. The van der Waals surface area contributed by atoms with Gasteiger partial charge < -0.3 is 9.84 Å². The number of carboxylic acid groups (broad SMARTS) is 1. The molecule has 0 bridgehead atoms. The molecule has 1 N–H and O–H groups in total. The van der Waals surface area contributed by atoms with Crippen molar-refractivity contribution in [3.8, 4) is 0 Å². The van der Waals surface area contributed by atoms with E-state index in [1.165, 1.54) is 18.2 Å². The lowest BCUT2D eigenvalue weighted by Gasteiger charge is -2.06. The quantitative estimate of drug-likeness (QED) is 0.378. The number of rotatable bonds is 5. The molecule has 1 aromatic rings. The average molecular weight is 298 g/mol. The molecule has 0 saturated carbocycles. The second kappa shape index (κ2) is 6.33. The Hall–Kier alpha value is -2.15. The normalized spacial score (nSPS) is 12.0. The molecule has 0 fully saturated rings. The lowest BCUT2D eigenvalue weighted by atomic mass is 10.1. The van der Waals surface area contributed by atoms with Gasteiger partial charge in [-0.15, -0.1) is 0 Å². The molecular weight excluding hydrogens is 284 g/mol. The largest absolute Gasteiger partial charge is 0.477 e. The van der Waals surface area contributed by atoms with Crippen molar-refractivity contribution in [2.75, 3.05) is 12.9 Å². The highest BCUT2D eigenvalue weighted by atomic mass is 32.2. The summed E-state index contributed by atoms with van der Waals surface area (Å²) in [7, 11) is -3.53. The standard InChI is InChI=1S/C13H14O6S/c1-3-19-13(16)10(12(14)15)8-9-6-4-5-7-11(9)20(2,17)18/h4-8H,3H2,1-2H3,(H,14,15). The zero-order valence-electron chi connectivity index (χ0n) is 11.0. The Balaban J connectivity index is 3.40. The molecule has 0 unspecified atom stereocenters. The third kappa shape index (κ3) is 3.92. The van der Waals surface area contributed by atoms with Crippen LogP contribution >= 0.6 is 0 Å². The number of ether oxygens (including phenoxy) is 1. The number of hydrogen-bond donors (Lipinski definition) is 1. The fourth-order valence-electron chi connectivity index (χ4n) is 1.51. The number of aliphatic carboxylic acids is 1. The Morgan fingerprint density at radius 2 is 1.90 bits per heavy atom. The van der Waals surface area contributed by atoms with Gasteiger partial charge in [0.05, 0.1) is 11.5 Å². The lowest BCUT2D eigenvalue weighted by molar-refractivity contribution is -0.143. The Labute approximate surface area is 116 Å². The van der Waals surface area contributed by atoms with Gasteiger partial charge in [-0.3, -0.25) is 0 Å². The van der Waals surface area contributed by atoms with Crippen LogP contribution in [0.15, 0.2) is 34.7 Å². The maximum absolute atomic E-state index is 11.6. The van der Waals surface area contributed by atoms with Crippen molar-refractivity contribution >= 4 is 27.9 Å². The number of sulfone groups is 1. The van der Waals surface area contributed by atoms with E-state index in [4.69, 9.17) is 5.11 Å². The molecule has 0 aromatic heterocycles. The van der Waals surface area contributed by atoms with Crippen molar-refractivity contribution < 1.29 is 27.9 Å². The molecular formula is C13H14O6S. The summed E-state index contributed by atoms with van der Waals surface area (Å²) in [6.07, 6.45) is 2.00. The molecule has 0 saturated heterocycles. The third-order valence-electron chi connectivity index (χ3n) is 2.34. The zero-order valence-corrected chi connectivity index (χ0v) is 11.8.